The van der Waals surface area contributed by atoms with E-state index in [0.29, 0.717) is 0 Å². The summed E-state index contributed by atoms with van der Waals surface area (Å²) in [5, 5.41) is 0. The van der Waals surface area contributed by atoms with Crippen LogP contribution in [0.25, 0.3) is 0 Å². The summed E-state index contributed by atoms with van der Waals surface area (Å²) in [6.45, 7) is 5.69. The summed E-state index contributed by atoms with van der Waals surface area (Å²) in [6, 6.07) is 0. The Labute approximate surface area is 85.8 Å². The van der Waals surface area contributed by atoms with Crippen molar-refractivity contribution < 1.29 is 4.79 Å². The summed E-state index contributed by atoms with van der Waals surface area (Å²) in [4.78, 5) is 13.6. The second kappa shape index (κ2) is 4.28. The highest BCUT2D eigenvalue weighted by atomic mass is 16.2. The van der Waals surface area contributed by atoms with Crippen molar-refractivity contribution in [2.45, 2.75) is 26.7 Å². The first-order chi connectivity index (χ1) is 6.45. The number of amides is 1. The monoisotopic (exact) mass is 199 g/mol. The van der Waals surface area contributed by atoms with Gasteiger partial charge in [-0.05, 0) is 39.7 Å². The van der Waals surface area contributed by atoms with Crippen molar-refractivity contribution in [3.05, 3.63) is 0 Å². The predicted octanol–water partition coefficient (Wildman–Crippen LogP) is 0.344. The quantitative estimate of drug-likeness (QED) is 0.381. The Morgan fingerprint density at radius 1 is 1.57 bits per heavy atom. The molecule has 0 bridgehead atoms. The number of nitrogens with zero attached hydrogens (tertiary/aromatic N) is 1. The molecule has 0 aromatic carbocycles. The van der Waals surface area contributed by atoms with Crippen LogP contribution in [0, 0.1) is 11.3 Å². The van der Waals surface area contributed by atoms with E-state index >= 15 is 0 Å². The zero-order chi connectivity index (χ0) is 10.8. The normalized spacial score (nSPS) is 17.2. The minimum Gasteiger partial charge on any atom is -0.305 e. The molecule has 4 heteroatoms. The zero-order valence-corrected chi connectivity index (χ0v) is 9.34. The average molecular weight is 199 g/mol. The van der Waals surface area contributed by atoms with Crippen LogP contribution in [-0.4, -0.2) is 30.9 Å². The standard InChI is InChI=1S/C10H21N3O/c1-10(2,9(14)12-11)7-13(3)6-8-4-5-8/h8H,4-7,11H2,1-3H3,(H,12,14). The molecule has 14 heavy (non-hydrogen) atoms. The van der Waals surface area contributed by atoms with Crippen LogP contribution in [0.1, 0.15) is 26.7 Å². The molecule has 1 aliphatic carbocycles. The Bertz CT molecular complexity index is 211. The minimum absolute atomic E-state index is 0.0971. The summed E-state index contributed by atoms with van der Waals surface area (Å²) < 4.78 is 0. The highest BCUT2D eigenvalue weighted by molar-refractivity contribution is 5.81. The molecule has 0 atom stereocenters. The maximum Gasteiger partial charge on any atom is 0.240 e. The van der Waals surface area contributed by atoms with Crippen LogP contribution in [0.15, 0.2) is 0 Å². The van der Waals surface area contributed by atoms with Crippen LogP contribution in [-0.2, 0) is 4.79 Å². The largest absolute Gasteiger partial charge is 0.305 e. The van der Waals surface area contributed by atoms with Crippen LogP contribution < -0.4 is 11.3 Å². The Balaban J connectivity index is 2.35. The van der Waals surface area contributed by atoms with E-state index in [0.717, 1.165) is 19.0 Å². The molecule has 0 aromatic heterocycles. The van der Waals surface area contributed by atoms with Gasteiger partial charge in [-0.25, -0.2) is 5.84 Å². The number of hydrogen-bond acceptors (Lipinski definition) is 3. The van der Waals surface area contributed by atoms with Crippen LogP contribution in [0.5, 0.6) is 0 Å². The molecule has 3 N–H and O–H groups in total. The van der Waals surface area contributed by atoms with Crippen molar-refractivity contribution in [2.75, 3.05) is 20.1 Å². The van der Waals surface area contributed by atoms with Gasteiger partial charge in [0.15, 0.2) is 0 Å². The highest BCUT2D eigenvalue weighted by Crippen LogP contribution is 2.30. The second-order valence-electron chi connectivity index (χ2n) is 5.00. The van der Waals surface area contributed by atoms with E-state index in [1.165, 1.54) is 12.8 Å². The van der Waals surface area contributed by atoms with Crippen molar-refractivity contribution in [3.8, 4) is 0 Å². The van der Waals surface area contributed by atoms with Crippen molar-refractivity contribution in [3.63, 3.8) is 0 Å². The molecule has 0 aromatic rings. The van der Waals surface area contributed by atoms with E-state index < -0.39 is 5.41 Å². The smallest absolute Gasteiger partial charge is 0.240 e. The first-order valence-electron chi connectivity index (χ1n) is 5.15. The van der Waals surface area contributed by atoms with Crippen LogP contribution in [0.2, 0.25) is 0 Å². The van der Waals surface area contributed by atoms with E-state index in [4.69, 9.17) is 5.84 Å². The van der Waals surface area contributed by atoms with Gasteiger partial charge in [0.1, 0.15) is 0 Å². The third-order valence-corrected chi connectivity index (χ3v) is 2.68. The predicted molar refractivity (Wildman–Crippen MR) is 56.3 cm³/mol. The molecule has 1 amide bonds. The number of rotatable bonds is 5. The van der Waals surface area contributed by atoms with E-state index in [9.17, 15) is 4.79 Å². The lowest BCUT2D eigenvalue weighted by Crippen LogP contribution is -2.46. The third kappa shape index (κ3) is 3.27. The maximum absolute atomic E-state index is 11.4. The summed E-state index contributed by atoms with van der Waals surface area (Å²) in [7, 11) is 2.06. The number of carbonyl (C=O) groups is 1. The number of hydrazine groups is 1. The fourth-order valence-corrected chi connectivity index (χ4v) is 1.75. The highest BCUT2D eigenvalue weighted by Gasteiger charge is 2.30. The van der Waals surface area contributed by atoms with E-state index in [1.54, 1.807) is 0 Å². The molecule has 4 nitrogen and oxygen atoms in total. The van der Waals surface area contributed by atoms with Gasteiger partial charge in [-0.15, -0.1) is 0 Å². The molecular weight excluding hydrogens is 178 g/mol. The summed E-state index contributed by atoms with van der Waals surface area (Å²) in [5.41, 5.74) is 1.81. The van der Waals surface area contributed by atoms with Crippen molar-refractivity contribution in [1.29, 1.82) is 0 Å². The maximum atomic E-state index is 11.4. The topological polar surface area (TPSA) is 58.4 Å². The Hall–Kier alpha value is -0.610. The van der Waals surface area contributed by atoms with Crippen molar-refractivity contribution >= 4 is 5.91 Å². The van der Waals surface area contributed by atoms with Gasteiger partial charge in [-0.2, -0.15) is 0 Å². The van der Waals surface area contributed by atoms with Gasteiger partial charge in [0.05, 0.1) is 5.41 Å². The van der Waals surface area contributed by atoms with E-state index in [-0.39, 0.29) is 5.91 Å². The third-order valence-electron chi connectivity index (χ3n) is 2.68. The Morgan fingerprint density at radius 2 is 2.14 bits per heavy atom. The summed E-state index contributed by atoms with van der Waals surface area (Å²) in [5.74, 6) is 5.89. The fourth-order valence-electron chi connectivity index (χ4n) is 1.75. The SMILES string of the molecule is CN(CC1CC1)CC(C)(C)C(=O)NN. The van der Waals surface area contributed by atoms with Crippen LogP contribution in [0.4, 0.5) is 0 Å². The van der Waals surface area contributed by atoms with Gasteiger partial charge in [0.2, 0.25) is 5.91 Å². The van der Waals surface area contributed by atoms with Crippen LogP contribution >= 0.6 is 0 Å². The number of nitrogens with two attached hydrogens (primary N) is 1. The van der Waals surface area contributed by atoms with E-state index in [2.05, 4.69) is 17.4 Å². The molecule has 82 valence electrons. The van der Waals surface area contributed by atoms with Gasteiger partial charge in [0, 0.05) is 13.1 Å². The number of carbonyl (C=O) groups excluding carboxylic acids is 1. The van der Waals surface area contributed by atoms with Gasteiger partial charge in [0.25, 0.3) is 0 Å². The van der Waals surface area contributed by atoms with Gasteiger partial charge in [-0.3, -0.25) is 10.2 Å². The first kappa shape index (κ1) is 11.5. The Kier molecular flexibility index (Phi) is 3.50. The zero-order valence-electron chi connectivity index (χ0n) is 9.34. The van der Waals surface area contributed by atoms with E-state index in [1.807, 2.05) is 13.8 Å². The number of hydrogen-bond donors (Lipinski definition) is 2. The molecule has 0 radical (unpaired) electrons. The summed E-state index contributed by atoms with van der Waals surface area (Å²) in [6.07, 6.45) is 2.68. The van der Waals surface area contributed by atoms with Gasteiger partial charge >= 0.3 is 0 Å². The minimum atomic E-state index is -0.404. The fraction of sp³-hybridized carbons (Fsp3) is 0.900. The Morgan fingerprint density at radius 3 is 2.57 bits per heavy atom. The van der Waals surface area contributed by atoms with Gasteiger partial charge < -0.3 is 4.90 Å². The average Bonchev–Trinajstić information content (AvgIpc) is 2.85. The molecule has 1 saturated carbocycles. The second-order valence-corrected chi connectivity index (χ2v) is 5.00. The lowest BCUT2D eigenvalue weighted by molar-refractivity contribution is -0.130. The molecule has 0 spiro atoms. The van der Waals surface area contributed by atoms with Gasteiger partial charge in [-0.1, -0.05) is 0 Å². The number of nitrogens with one attached hydrogen (secondary N) is 1. The lowest BCUT2D eigenvalue weighted by Gasteiger charge is -2.28. The molecule has 0 aliphatic heterocycles. The van der Waals surface area contributed by atoms with Crippen molar-refractivity contribution in [1.82, 2.24) is 10.3 Å². The lowest BCUT2D eigenvalue weighted by atomic mass is 9.92. The summed E-state index contributed by atoms with van der Waals surface area (Å²) >= 11 is 0. The van der Waals surface area contributed by atoms with Crippen molar-refractivity contribution in [2.24, 2.45) is 17.2 Å². The molecule has 0 heterocycles. The molecule has 1 fully saturated rings. The molecule has 1 rings (SSSR count). The molecule has 0 saturated heterocycles. The van der Waals surface area contributed by atoms with Crippen LogP contribution in [0.3, 0.4) is 0 Å². The molecule has 1 aliphatic rings. The molecular formula is C10H21N3O. The first-order valence-corrected chi connectivity index (χ1v) is 5.15. The molecule has 0 unspecified atom stereocenters.